The van der Waals surface area contributed by atoms with Gasteiger partial charge in [0.2, 0.25) is 0 Å². The number of carbonyl (C=O) groups is 1. The van der Waals surface area contributed by atoms with E-state index in [9.17, 15) is 4.79 Å². The highest BCUT2D eigenvalue weighted by atomic mass is 32.1. The van der Waals surface area contributed by atoms with Gasteiger partial charge in [0.15, 0.2) is 0 Å². The van der Waals surface area contributed by atoms with Crippen LogP contribution < -0.4 is 0 Å². The number of rotatable bonds is 3. The Labute approximate surface area is 138 Å². The number of hydrogen-bond donors (Lipinski definition) is 0. The molecule has 4 rings (SSSR count). The number of aromatic nitrogens is 2. The quantitative estimate of drug-likeness (QED) is 0.742. The fourth-order valence-electron chi connectivity index (χ4n) is 3.32. The summed E-state index contributed by atoms with van der Waals surface area (Å²) in [4.78, 5) is 22.8. The first kappa shape index (κ1) is 14.3. The second-order valence-corrected chi connectivity index (χ2v) is 6.72. The predicted octanol–water partition coefficient (Wildman–Crippen LogP) is 3.40. The molecule has 0 radical (unpaired) electrons. The number of benzene rings is 1. The van der Waals surface area contributed by atoms with Gasteiger partial charge in [0, 0.05) is 36.2 Å². The molecule has 0 bridgehead atoms. The smallest absolute Gasteiger partial charge is 0.273 e. The SMILES string of the molecule is O=C(c1cscn1)N1CCC(Cc2cncc3ccccc23)C1. The van der Waals surface area contributed by atoms with Gasteiger partial charge in [0.05, 0.1) is 5.51 Å². The molecule has 3 heterocycles. The molecule has 1 saturated heterocycles. The molecule has 0 saturated carbocycles. The Morgan fingerprint density at radius 2 is 2.22 bits per heavy atom. The van der Waals surface area contributed by atoms with Crippen molar-refractivity contribution in [1.29, 1.82) is 0 Å². The first-order chi connectivity index (χ1) is 11.3. The Kier molecular flexibility index (Phi) is 3.79. The van der Waals surface area contributed by atoms with E-state index >= 15 is 0 Å². The number of nitrogens with zero attached hydrogens (tertiary/aromatic N) is 3. The highest BCUT2D eigenvalue weighted by molar-refractivity contribution is 7.07. The number of fused-ring (bicyclic) bond motifs is 1. The first-order valence-corrected chi connectivity index (χ1v) is 8.74. The molecule has 116 valence electrons. The minimum Gasteiger partial charge on any atom is -0.337 e. The maximum atomic E-state index is 12.4. The summed E-state index contributed by atoms with van der Waals surface area (Å²) in [5, 5.41) is 4.27. The van der Waals surface area contributed by atoms with E-state index in [2.05, 4.69) is 28.2 Å². The Bertz CT molecular complexity index is 826. The highest BCUT2D eigenvalue weighted by Crippen LogP contribution is 2.26. The van der Waals surface area contributed by atoms with Crippen LogP contribution in [0.5, 0.6) is 0 Å². The number of carbonyl (C=O) groups excluding carboxylic acids is 1. The molecule has 3 aromatic rings. The zero-order chi connectivity index (χ0) is 15.6. The zero-order valence-electron chi connectivity index (χ0n) is 12.7. The van der Waals surface area contributed by atoms with Gasteiger partial charge in [-0.15, -0.1) is 11.3 Å². The highest BCUT2D eigenvalue weighted by Gasteiger charge is 2.28. The van der Waals surface area contributed by atoms with Gasteiger partial charge < -0.3 is 4.90 Å². The molecule has 1 amide bonds. The first-order valence-electron chi connectivity index (χ1n) is 7.80. The lowest BCUT2D eigenvalue weighted by Gasteiger charge is -2.15. The van der Waals surface area contributed by atoms with Crippen LogP contribution in [0.25, 0.3) is 10.8 Å². The minimum absolute atomic E-state index is 0.0600. The third-order valence-corrected chi connectivity index (χ3v) is 5.07. The van der Waals surface area contributed by atoms with Gasteiger partial charge in [0.25, 0.3) is 5.91 Å². The Morgan fingerprint density at radius 3 is 3.09 bits per heavy atom. The van der Waals surface area contributed by atoms with Gasteiger partial charge in [-0.3, -0.25) is 9.78 Å². The van der Waals surface area contributed by atoms with Crippen LogP contribution in [0.3, 0.4) is 0 Å². The lowest BCUT2D eigenvalue weighted by Crippen LogP contribution is -2.29. The topological polar surface area (TPSA) is 46.1 Å². The van der Waals surface area contributed by atoms with Gasteiger partial charge >= 0.3 is 0 Å². The average molecular weight is 323 g/mol. The van der Waals surface area contributed by atoms with Crippen LogP contribution in [-0.4, -0.2) is 33.9 Å². The molecule has 23 heavy (non-hydrogen) atoms. The van der Waals surface area contributed by atoms with Crippen LogP contribution in [0.1, 0.15) is 22.5 Å². The maximum Gasteiger partial charge on any atom is 0.273 e. The van der Waals surface area contributed by atoms with E-state index in [1.807, 2.05) is 28.7 Å². The fourth-order valence-corrected chi connectivity index (χ4v) is 3.84. The third-order valence-electron chi connectivity index (χ3n) is 4.48. The van der Waals surface area contributed by atoms with Crippen molar-refractivity contribution in [3.8, 4) is 0 Å². The van der Waals surface area contributed by atoms with Crippen LogP contribution >= 0.6 is 11.3 Å². The molecular formula is C18H17N3OS. The number of hydrogen-bond acceptors (Lipinski definition) is 4. The van der Waals surface area contributed by atoms with Crippen LogP contribution in [0, 0.1) is 5.92 Å². The summed E-state index contributed by atoms with van der Waals surface area (Å²) in [5.41, 5.74) is 3.56. The van der Waals surface area contributed by atoms with E-state index in [0.717, 1.165) is 25.9 Å². The van der Waals surface area contributed by atoms with E-state index in [-0.39, 0.29) is 5.91 Å². The van der Waals surface area contributed by atoms with Crippen LogP contribution in [-0.2, 0) is 6.42 Å². The molecule has 1 aliphatic rings. The predicted molar refractivity (Wildman–Crippen MR) is 91.6 cm³/mol. The number of likely N-dealkylation sites (tertiary alicyclic amines) is 1. The standard InChI is InChI=1S/C18H17N3OS/c22-18(17-11-23-12-20-17)21-6-5-13(10-21)7-15-9-19-8-14-3-1-2-4-16(14)15/h1-4,8-9,11-13H,5-7,10H2. The summed E-state index contributed by atoms with van der Waals surface area (Å²) in [6, 6.07) is 8.36. The molecule has 1 aliphatic heterocycles. The van der Waals surface area contributed by atoms with Crippen LogP contribution in [0.4, 0.5) is 0 Å². The summed E-state index contributed by atoms with van der Waals surface area (Å²) in [5.74, 6) is 0.551. The van der Waals surface area contributed by atoms with Gasteiger partial charge in [-0.25, -0.2) is 4.98 Å². The second kappa shape index (κ2) is 6.08. The lowest BCUT2D eigenvalue weighted by atomic mass is 9.96. The van der Waals surface area contributed by atoms with Crippen molar-refractivity contribution in [3.05, 3.63) is 58.8 Å². The van der Waals surface area contributed by atoms with Gasteiger partial charge in [-0.2, -0.15) is 0 Å². The van der Waals surface area contributed by atoms with E-state index in [1.54, 1.807) is 5.51 Å². The fraction of sp³-hybridized carbons (Fsp3) is 0.278. The number of pyridine rings is 1. The molecule has 0 N–H and O–H groups in total. The number of amides is 1. The lowest BCUT2D eigenvalue weighted by molar-refractivity contribution is 0.0782. The largest absolute Gasteiger partial charge is 0.337 e. The molecule has 4 nitrogen and oxygen atoms in total. The van der Waals surface area contributed by atoms with Gasteiger partial charge in [-0.1, -0.05) is 24.3 Å². The summed E-state index contributed by atoms with van der Waals surface area (Å²) in [6.45, 7) is 1.62. The monoisotopic (exact) mass is 323 g/mol. The van der Waals surface area contributed by atoms with Crippen LogP contribution in [0.2, 0.25) is 0 Å². The van der Waals surface area contributed by atoms with E-state index in [4.69, 9.17) is 0 Å². The Morgan fingerprint density at radius 1 is 1.30 bits per heavy atom. The van der Waals surface area contributed by atoms with Crippen molar-refractivity contribution in [1.82, 2.24) is 14.9 Å². The summed E-state index contributed by atoms with van der Waals surface area (Å²) in [7, 11) is 0. The number of thiazole rings is 1. The van der Waals surface area contributed by atoms with Crippen molar-refractivity contribution in [2.45, 2.75) is 12.8 Å². The molecule has 1 fully saturated rings. The van der Waals surface area contributed by atoms with Crippen LogP contribution in [0.15, 0.2) is 47.5 Å². The second-order valence-electron chi connectivity index (χ2n) is 6.00. The molecule has 1 aromatic carbocycles. The molecule has 1 unspecified atom stereocenters. The molecule has 2 aromatic heterocycles. The molecule has 5 heteroatoms. The minimum atomic E-state index is 0.0600. The Balaban J connectivity index is 1.49. The van der Waals surface area contributed by atoms with Crippen molar-refractivity contribution in [2.24, 2.45) is 5.92 Å². The van der Waals surface area contributed by atoms with Gasteiger partial charge in [-0.05, 0) is 29.7 Å². The van der Waals surface area contributed by atoms with E-state index < -0.39 is 0 Å². The zero-order valence-corrected chi connectivity index (χ0v) is 13.5. The molecule has 0 spiro atoms. The maximum absolute atomic E-state index is 12.4. The van der Waals surface area contributed by atoms with Gasteiger partial charge in [0.1, 0.15) is 5.69 Å². The Hall–Kier alpha value is -2.27. The van der Waals surface area contributed by atoms with Crippen molar-refractivity contribution < 1.29 is 4.79 Å². The summed E-state index contributed by atoms with van der Waals surface area (Å²) >= 11 is 1.46. The average Bonchev–Trinajstić information content (AvgIpc) is 3.27. The summed E-state index contributed by atoms with van der Waals surface area (Å²) in [6.07, 6.45) is 5.88. The third kappa shape index (κ3) is 2.84. The summed E-state index contributed by atoms with van der Waals surface area (Å²) < 4.78 is 0. The van der Waals surface area contributed by atoms with Crippen molar-refractivity contribution >= 4 is 28.0 Å². The normalized spacial score (nSPS) is 17.7. The van der Waals surface area contributed by atoms with E-state index in [0.29, 0.717) is 11.6 Å². The molecular weight excluding hydrogens is 306 g/mol. The van der Waals surface area contributed by atoms with Crippen molar-refractivity contribution in [3.63, 3.8) is 0 Å². The van der Waals surface area contributed by atoms with E-state index in [1.165, 1.54) is 27.7 Å². The molecule has 0 aliphatic carbocycles. The van der Waals surface area contributed by atoms with Crippen molar-refractivity contribution in [2.75, 3.05) is 13.1 Å². The molecule has 1 atom stereocenters.